The number of aryl methyl sites for hydroxylation is 1. The standard InChI is InChI=1S/C23H26N4O3/c1-3-14-26(15-4-2)22(28)17-27-19-10-6-5-9-18(19)25-21(27)12-7-13-24-23(29)20-11-8-16-30-20/h3-6,8-11,16H,1-2,7,12-15,17H2,(H,24,29). The van der Waals surface area contributed by atoms with Crippen molar-refractivity contribution in [3.8, 4) is 0 Å². The molecule has 3 rings (SSSR count). The molecule has 0 aliphatic heterocycles. The zero-order valence-corrected chi connectivity index (χ0v) is 16.9. The van der Waals surface area contributed by atoms with Crippen LogP contribution in [0, 0.1) is 0 Å². The molecule has 2 amide bonds. The summed E-state index contributed by atoms with van der Waals surface area (Å²) in [5.41, 5.74) is 1.76. The van der Waals surface area contributed by atoms with Crippen molar-refractivity contribution in [3.05, 3.63) is 79.6 Å². The Hall–Kier alpha value is -3.61. The normalized spacial score (nSPS) is 10.7. The van der Waals surface area contributed by atoms with Gasteiger partial charge in [0.25, 0.3) is 5.91 Å². The Morgan fingerprint density at radius 3 is 2.60 bits per heavy atom. The molecule has 3 aromatic rings. The zero-order chi connectivity index (χ0) is 21.3. The quantitative estimate of drug-likeness (QED) is 0.392. The molecule has 1 aromatic carbocycles. The van der Waals surface area contributed by atoms with Gasteiger partial charge in [0.2, 0.25) is 5.91 Å². The summed E-state index contributed by atoms with van der Waals surface area (Å²) in [4.78, 5) is 31.2. The summed E-state index contributed by atoms with van der Waals surface area (Å²) in [6.45, 7) is 9.05. The Bertz CT molecular complexity index is 1010. The molecule has 1 N–H and O–H groups in total. The Balaban J connectivity index is 1.69. The fourth-order valence-electron chi connectivity index (χ4n) is 3.26. The largest absolute Gasteiger partial charge is 0.459 e. The van der Waals surface area contributed by atoms with Crippen LogP contribution in [0.1, 0.15) is 22.8 Å². The van der Waals surface area contributed by atoms with Crippen LogP contribution >= 0.6 is 0 Å². The first kappa shape index (κ1) is 21.1. The van der Waals surface area contributed by atoms with Crippen LogP contribution in [-0.4, -0.2) is 45.9 Å². The molecule has 7 nitrogen and oxygen atoms in total. The number of fused-ring (bicyclic) bond motifs is 1. The van der Waals surface area contributed by atoms with Crippen molar-refractivity contribution in [3.63, 3.8) is 0 Å². The van der Waals surface area contributed by atoms with E-state index in [1.54, 1.807) is 29.2 Å². The number of imidazole rings is 1. The second-order valence-electron chi connectivity index (χ2n) is 6.82. The molecule has 2 heterocycles. The number of hydrogen-bond acceptors (Lipinski definition) is 4. The number of aromatic nitrogens is 2. The molecule has 0 radical (unpaired) electrons. The smallest absolute Gasteiger partial charge is 0.286 e. The van der Waals surface area contributed by atoms with Gasteiger partial charge in [-0.3, -0.25) is 9.59 Å². The van der Waals surface area contributed by atoms with Crippen molar-refractivity contribution in [2.75, 3.05) is 19.6 Å². The summed E-state index contributed by atoms with van der Waals surface area (Å²) in [5.74, 6) is 0.838. The average molecular weight is 406 g/mol. The fourth-order valence-corrected chi connectivity index (χ4v) is 3.26. The first-order valence-corrected chi connectivity index (χ1v) is 9.89. The van der Waals surface area contributed by atoms with Gasteiger partial charge in [0.1, 0.15) is 12.4 Å². The Morgan fingerprint density at radius 2 is 1.90 bits per heavy atom. The third kappa shape index (κ3) is 5.05. The number of amides is 2. The van der Waals surface area contributed by atoms with E-state index in [9.17, 15) is 9.59 Å². The molecule has 0 unspecified atom stereocenters. The monoisotopic (exact) mass is 406 g/mol. The Kier molecular flexibility index (Phi) is 7.21. The molecule has 0 aliphatic rings. The minimum absolute atomic E-state index is 0.0228. The number of hydrogen-bond donors (Lipinski definition) is 1. The lowest BCUT2D eigenvalue weighted by molar-refractivity contribution is -0.130. The number of nitrogens with zero attached hydrogens (tertiary/aromatic N) is 3. The number of benzene rings is 1. The number of rotatable bonds is 11. The molecule has 2 aromatic heterocycles. The molecule has 30 heavy (non-hydrogen) atoms. The molecule has 0 saturated carbocycles. The van der Waals surface area contributed by atoms with Crippen LogP contribution in [0.5, 0.6) is 0 Å². The molecule has 0 spiro atoms. The number of furan rings is 1. The maximum absolute atomic E-state index is 12.9. The van der Waals surface area contributed by atoms with E-state index < -0.39 is 0 Å². The molecule has 0 bridgehead atoms. The second kappa shape index (κ2) is 10.2. The van der Waals surface area contributed by atoms with Crippen molar-refractivity contribution >= 4 is 22.8 Å². The van der Waals surface area contributed by atoms with Gasteiger partial charge in [-0.25, -0.2) is 4.98 Å². The van der Waals surface area contributed by atoms with Gasteiger partial charge in [-0.1, -0.05) is 24.3 Å². The van der Waals surface area contributed by atoms with Crippen LogP contribution in [0.4, 0.5) is 0 Å². The van der Waals surface area contributed by atoms with Crippen LogP contribution in [0.2, 0.25) is 0 Å². The predicted octanol–water partition coefficient (Wildman–Crippen LogP) is 3.19. The lowest BCUT2D eigenvalue weighted by Crippen LogP contribution is -2.34. The Morgan fingerprint density at radius 1 is 1.13 bits per heavy atom. The van der Waals surface area contributed by atoms with E-state index in [0.29, 0.717) is 32.5 Å². The molecular weight excluding hydrogens is 380 g/mol. The van der Waals surface area contributed by atoms with Gasteiger partial charge in [-0.05, 0) is 30.7 Å². The third-order valence-electron chi connectivity index (χ3n) is 4.69. The number of para-hydroxylation sites is 2. The predicted molar refractivity (Wildman–Crippen MR) is 116 cm³/mol. The van der Waals surface area contributed by atoms with Crippen molar-refractivity contribution in [1.29, 1.82) is 0 Å². The van der Waals surface area contributed by atoms with Gasteiger partial charge >= 0.3 is 0 Å². The van der Waals surface area contributed by atoms with E-state index in [-0.39, 0.29) is 24.1 Å². The summed E-state index contributed by atoms with van der Waals surface area (Å²) >= 11 is 0. The Labute approximate surface area is 175 Å². The molecule has 0 saturated heterocycles. The van der Waals surface area contributed by atoms with Crippen molar-refractivity contribution in [1.82, 2.24) is 19.8 Å². The van der Waals surface area contributed by atoms with E-state index in [1.807, 2.05) is 28.8 Å². The van der Waals surface area contributed by atoms with Crippen molar-refractivity contribution in [2.45, 2.75) is 19.4 Å². The first-order chi connectivity index (χ1) is 14.6. The third-order valence-corrected chi connectivity index (χ3v) is 4.69. The van der Waals surface area contributed by atoms with Gasteiger partial charge in [-0.15, -0.1) is 13.2 Å². The first-order valence-electron chi connectivity index (χ1n) is 9.89. The van der Waals surface area contributed by atoms with Gasteiger partial charge in [0, 0.05) is 26.1 Å². The highest BCUT2D eigenvalue weighted by atomic mass is 16.3. The van der Waals surface area contributed by atoms with Crippen molar-refractivity contribution < 1.29 is 14.0 Å². The van der Waals surface area contributed by atoms with E-state index in [0.717, 1.165) is 16.9 Å². The number of carbonyl (C=O) groups is 2. The van der Waals surface area contributed by atoms with Gasteiger partial charge in [-0.2, -0.15) is 0 Å². The van der Waals surface area contributed by atoms with Crippen LogP contribution in [-0.2, 0) is 17.8 Å². The number of nitrogens with one attached hydrogen (secondary N) is 1. The lowest BCUT2D eigenvalue weighted by Gasteiger charge is -2.20. The van der Waals surface area contributed by atoms with Gasteiger partial charge in [0.05, 0.1) is 17.3 Å². The van der Waals surface area contributed by atoms with Crippen LogP contribution in [0.3, 0.4) is 0 Å². The second-order valence-corrected chi connectivity index (χ2v) is 6.82. The highest BCUT2D eigenvalue weighted by Gasteiger charge is 2.17. The van der Waals surface area contributed by atoms with Crippen LogP contribution in [0.15, 0.2) is 72.4 Å². The van der Waals surface area contributed by atoms with Crippen LogP contribution < -0.4 is 5.32 Å². The van der Waals surface area contributed by atoms with Crippen molar-refractivity contribution in [2.24, 2.45) is 0 Å². The summed E-state index contributed by atoms with van der Waals surface area (Å²) in [5, 5.41) is 2.83. The molecule has 0 fully saturated rings. The maximum atomic E-state index is 12.9. The highest BCUT2D eigenvalue weighted by molar-refractivity contribution is 5.91. The SMILES string of the molecule is C=CCN(CC=C)C(=O)Cn1c(CCCNC(=O)c2ccco2)nc2ccccc21. The summed E-state index contributed by atoms with van der Waals surface area (Å²) < 4.78 is 7.04. The van der Waals surface area contributed by atoms with Gasteiger partial charge < -0.3 is 19.2 Å². The topological polar surface area (TPSA) is 80.4 Å². The molecular formula is C23H26N4O3. The fraction of sp³-hybridized carbons (Fsp3) is 0.261. The summed E-state index contributed by atoms with van der Waals surface area (Å²) in [6.07, 6.45) is 6.19. The molecule has 0 atom stereocenters. The molecule has 156 valence electrons. The average Bonchev–Trinajstić information content (AvgIpc) is 3.40. The van der Waals surface area contributed by atoms with E-state index in [2.05, 4.69) is 18.5 Å². The molecule has 7 heteroatoms. The minimum atomic E-state index is -0.242. The molecule has 0 aliphatic carbocycles. The number of carbonyl (C=O) groups excluding carboxylic acids is 2. The van der Waals surface area contributed by atoms with E-state index >= 15 is 0 Å². The highest BCUT2D eigenvalue weighted by Crippen LogP contribution is 2.17. The van der Waals surface area contributed by atoms with E-state index in [1.165, 1.54) is 6.26 Å². The maximum Gasteiger partial charge on any atom is 0.286 e. The van der Waals surface area contributed by atoms with Gasteiger partial charge in [0.15, 0.2) is 5.76 Å². The lowest BCUT2D eigenvalue weighted by atomic mass is 10.2. The summed E-state index contributed by atoms with van der Waals surface area (Å²) in [6, 6.07) is 11.1. The zero-order valence-electron chi connectivity index (χ0n) is 16.9. The van der Waals surface area contributed by atoms with E-state index in [4.69, 9.17) is 9.40 Å². The van der Waals surface area contributed by atoms with Crippen LogP contribution in [0.25, 0.3) is 11.0 Å². The summed E-state index contributed by atoms with van der Waals surface area (Å²) in [7, 11) is 0. The minimum Gasteiger partial charge on any atom is -0.459 e.